The molecule has 1 saturated heterocycles. The molecule has 0 saturated carbocycles. The molecule has 0 unspecified atom stereocenters. The highest BCUT2D eigenvalue weighted by Crippen LogP contribution is 2.37. The van der Waals surface area contributed by atoms with Gasteiger partial charge in [-0.3, -0.25) is 14.2 Å². The highest BCUT2D eigenvalue weighted by Gasteiger charge is 2.43. The molecule has 0 aromatic carbocycles. The number of hydrogen-bond acceptors (Lipinski definition) is 11. The van der Waals surface area contributed by atoms with Gasteiger partial charge in [0, 0.05) is 12.3 Å². The van der Waals surface area contributed by atoms with Crippen molar-refractivity contribution < 1.29 is 29.2 Å². The van der Waals surface area contributed by atoms with Crippen molar-refractivity contribution in [2.75, 3.05) is 18.9 Å². The summed E-state index contributed by atoms with van der Waals surface area (Å²) in [5.41, 5.74) is 5.50. The van der Waals surface area contributed by atoms with Crippen LogP contribution in [-0.4, -0.2) is 61.7 Å². The van der Waals surface area contributed by atoms with Gasteiger partial charge in [-0.15, -0.1) is 0 Å². The number of anilines is 1. The van der Waals surface area contributed by atoms with E-state index in [1.165, 1.54) is 4.57 Å². The minimum Gasteiger partial charge on any atom is -0.476 e. The number of nitrogen functional groups attached to an aromatic ring is 1. The molecule has 4 atom stereocenters. The topological polar surface area (TPSA) is 159 Å². The summed E-state index contributed by atoms with van der Waals surface area (Å²) in [5.74, 6) is -0.741. The van der Waals surface area contributed by atoms with E-state index in [-0.39, 0.29) is 48.0 Å². The SMILES string of the molecule is C[C@@H]1[C@H](O)[C@@H](CO)O[C@H]1n1c(=O)sc2c(OCCCC(=O)OC(C)(C)C)nc(N)nc21. The van der Waals surface area contributed by atoms with Gasteiger partial charge in [-0.25, -0.2) is 0 Å². The van der Waals surface area contributed by atoms with Crippen molar-refractivity contribution in [3.63, 3.8) is 0 Å². The van der Waals surface area contributed by atoms with Crippen LogP contribution in [0.3, 0.4) is 0 Å². The molecule has 1 aliphatic rings. The van der Waals surface area contributed by atoms with E-state index >= 15 is 0 Å². The number of hydrogen-bond donors (Lipinski definition) is 3. The molecule has 0 spiro atoms. The molecule has 1 fully saturated rings. The number of ether oxygens (including phenoxy) is 3. The van der Waals surface area contributed by atoms with E-state index in [9.17, 15) is 19.8 Å². The molecule has 4 N–H and O–H groups in total. The molecular weight excluding hydrogens is 428 g/mol. The van der Waals surface area contributed by atoms with Gasteiger partial charge in [0.25, 0.3) is 0 Å². The first-order valence-corrected chi connectivity index (χ1v) is 10.8. The average molecular weight is 457 g/mol. The Morgan fingerprint density at radius 3 is 2.68 bits per heavy atom. The predicted octanol–water partition coefficient (Wildman–Crippen LogP) is 0.823. The van der Waals surface area contributed by atoms with Gasteiger partial charge in [0.15, 0.2) is 5.65 Å². The second-order valence-electron chi connectivity index (χ2n) is 8.41. The Labute approximate surface area is 182 Å². The van der Waals surface area contributed by atoms with Gasteiger partial charge in [0.05, 0.1) is 19.3 Å². The molecule has 2 aromatic heterocycles. The summed E-state index contributed by atoms with van der Waals surface area (Å²) >= 11 is 0.871. The fraction of sp³-hybridized carbons (Fsp3) is 0.684. The maximum atomic E-state index is 12.7. The summed E-state index contributed by atoms with van der Waals surface area (Å²) < 4.78 is 18.3. The van der Waals surface area contributed by atoms with Crippen LogP contribution < -0.4 is 15.3 Å². The largest absolute Gasteiger partial charge is 0.476 e. The number of rotatable bonds is 7. The van der Waals surface area contributed by atoms with Crippen LogP contribution in [0.1, 0.15) is 46.8 Å². The Kier molecular flexibility index (Phi) is 6.84. The standard InChI is InChI=1S/C19H28N4O7S/c1-9-12(26)10(8-24)29-16(9)23-14-13(31-18(23)27)15(22-17(20)21-14)28-7-5-6-11(25)30-19(2,3)4/h9-10,12,16,24,26H,5-8H2,1-4H3,(H2,20,21,22)/t9-,10-,12+,16-/m1/s1. The molecule has 0 radical (unpaired) electrons. The van der Waals surface area contributed by atoms with Crippen LogP contribution >= 0.6 is 11.3 Å². The highest BCUT2D eigenvalue weighted by atomic mass is 32.1. The van der Waals surface area contributed by atoms with Crippen LogP contribution in [0.5, 0.6) is 5.88 Å². The molecule has 12 heteroatoms. The first-order chi connectivity index (χ1) is 14.5. The summed E-state index contributed by atoms with van der Waals surface area (Å²) in [6.45, 7) is 6.90. The van der Waals surface area contributed by atoms with Gasteiger partial charge < -0.3 is 30.2 Å². The predicted molar refractivity (Wildman–Crippen MR) is 113 cm³/mol. The number of carbonyl (C=O) groups is 1. The molecule has 3 rings (SSSR count). The lowest BCUT2D eigenvalue weighted by Gasteiger charge is -2.19. The van der Waals surface area contributed by atoms with Crippen LogP contribution in [0.25, 0.3) is 10.3 Å². The lowest BCUT2D eigenvalue weighted by atomic mass is 10.0. The van der Waals surface area contributed by atoms with Crippen molar-refractivity contribution in [3.05, 3.63) is 9.67 Å². The summed E-state index contributed by atoms with van der Waals surface area (Å²) in [7, 11) is 0. The van der Waals surface area contributed by atoms with E-state index in [1.54, 1.807) is 27.7 Å². The van der Waals surface area contributed by atoms with Crippen molar-refractivity contribution in [2.24, 2.45) is 5.92 Å². The third-order valence-electron chi connectivity index (χ3n) is 4.75. The zero-order valence-corrected chi connectivity index (χ0v) is 18.7. The van der Waals surface area contributed by atoms with E-state index in [0.29, 0.717) is 11.1 Å². The van der Waals surface area contributed by atoms with Gasteiger partial charge >= 0.3 is 10.8 Å². The van der Waals surface area contributed by atoms with E-state index in [0.717, 1.165) is 11.3 Å². The Bertz CT molecular complexity index is 1000. The fourth-order valence-electron chi connectivity index (χ4n) is 3.35. The van der Waals surface area contributed by atoms with Crippen molar-refractivity contribution in [3.8, 4) is 5.88 Å². The highest BCUT2D eigenvalue weighted by molar-refractivity contribution is 7.16. The van der Waals surface area contributed by atoms with Gasteiger partial charge in [-0.1, -0.05) is 18.3 Å². The molecule has 11 nitrogen and oxygen atoms in total. The number of carbonyl (C=O) groups excluding carboxylic acids is 1. The first-order valence-electron chi connectivity index (χ1n) is 9.99. The Hall–Kier alpha value is -2.28. The number of nitrogens with zero attached hydrogens (tertiary/aromatic N) is 3. The summed E-state index contributed by atoms with van der Waals surface area (Å²) in [5, 5.41) is 19.6. The van der Waals surface area contributed by atoms with Gasteiger partial charge in [0.1, 0.15) is 22.6 Å². The normalized spacial score (nSPS) is 23.9. The minimum absolute atomic E-state index is 0.0916. The summed E-state index contributed by atoms with van der Waals surface area (Å²) in [6.07, 6.45) is -1.98. The van der Waals surface area contributed by atoms with Gasteiger partial charge in [0.2, 0.25) is 11.8 Å². The molecule has 2 aromatic rings. The fourth-order valence-corrected chi connectivity index (χ4v) is 4.24. The van der Waals surface area contributed by atoms with Crippen LogP contribution in [0.2, 0.25) is 0 Å². The van der Waals surface area contributed by atoms with Gasteiger partial charge in [-0.05, 0) is 27.2 Å². The van der Waals surface area contributed by atoms with Crippen LogP contribution in [0.4, 0.5) is 5.95 Å². The molecule has 172 valence electrons. The van der Waals surface area contributed by atoms with E-state index in [2.05, 4.69) is 9.97 Å². The van der Waals surface area contributed by atoms with E-state index < -0.39 is 30.0 Å². The van der Waals surface area contributed by atoms with Crippen LogP contribution in [0.15, 0.2) is 4.79 Å². The first kappa shape index (κ1) is 23.4. The number of aliphatic hydroxyl groups excluding tert-OH is 2. The smallest absolute Gasteiger partial charge is 0.311 e. The zero-order chi connectivity index (χ0) is 22.9. The molecule has 0 amide bonds. The van der Waals surface area contributed by atoms with Crippen molar-refractivity contribution in [2.45, 2.75) is 64.6 Å². The monoisotopic (exact) mass is 456 g/mol. The number of nitrogens with two attached hydrogens (primary N) is 1. The molecule has 3 heterocycles. The molecular formula is C19H28N4O7S. The van der Waals surface area contributed by atoms with Crippen molar-refractivity contribution in [1.29, 1.82) is 0 Å². The second-order valence-corrected chi connectivity index (χ2v) is 9.38. The van der Waals surface area contributed by atoms with Crippen LogP contribution in [0, 0.1) is 5.92 Å². The van der Waals surface area contributed by atoms with Crippen molar-refractivity contribution >= 4 is 33.6 Å². The van der Waals surface area contributed by atoms with E-state index in [4.69, 9.17) is 19.9 Å². The lowest BCUT2D eigenvalue weighted by molar-refractivity contribution is -0.155. The van der Waals surface area contributed by atoms with Gasteiger partial charge in [-0.2, -0.15) is 9.97 Å². The molecule has 0 bridgehead atoms. The number of aliphatic hydroxyl groups is 2. The zero-order valence-electron chi connectivity index (χ0n) is 17.9. The minimum atomic E-state index is -0.931. The number of esters is 1. The third kappa shape index (κ3) is 5.14. The number of fused-ring (bicyclic) bond motifs is 1. The molecule has 0 aliphatic carbocycles. The Morgan fingerprint density at radius 2 is 2.06 bits per heavy atom. The maximum absolute atomic E-state index is 12.7. The molecule has 1 aliphatic heterocycles. The summed E-state index contributed by atoms with van der Waals surface area (Å²) in [4.78, 5) is 32.4. The third-order valence-corrected chi connectivity index (χ3v) is 5.68. The average Bonchev–Trinajstić information content (AvgIpc) is 3.13. The van der Waals surface area contributed by atoms with Crippen molar-refractivity contribution in [1.82, 2.24) is 14.5 Å². The quantitative estimate of drug-likeness (QED) is 0.402. The Balaban J connectivity index is 1.78. The summed E-state index contributed by atoms with van der Waals surface area (Å²) in [6, 6.07) is 0. The Morgan fingerprint density at radius 1 is 1.35 bits per heavy atom. The van der Waals surface area contributed by atoms with E-state index in [1.807, 2.05) is 0 Å². The van der Waals surface area contributed by atoms with Crippen LogP contribution in [-0.2, 0) is 14.3 Å². The molecule has 31 heavy (non-hydrogen) atoms. The maximum Gasteiger partial charge on any atom is 0.311 e. The lowest BCUT2D eigenvalue weighted by Crippen LogP contribution is -2.28. The number of aromatic nitrogens is 3. The second kappa shape index (κ2) is 9.07. The number of thiazole rings is 1.